The third-order valence-electron chi connectivity index (χ3n) is 5.28. The molecule has 2 aliphatic heterocycles. The fourth-order valence-corrected chi connectivity index (χ4v) is 3.61. The summed E-state index contributed by atoms with van der Waals surface area (Å²) < 4.78 is 0. The minimum absolute atomic E-state index is 0. The van der Waals surface area contributed by atoms with Gasteiger partial charge in [-0.15, -0.1) is 24.8 Å². The van der Waals surface area contributed by atoms with Crippen LogP contribution in [0.3, 0.4) is 0 Å². The normalized spacial score (nSPS) is 19.6. The summed E-state index contributed by atoms with van der Waals surface area (Å²) in [4.78, 5) is 14.9. The van der Waals surface area contributed by atoms with Gasteiger partial charge in [-0.25, -0.2) is 0 Å². The highest BCUT2D eigenvalue weighted by Gasteiger charge is 2.27. The highest BCUT2D eigenvalue weighted by atomic mass is 35.5. The fourth-order valence-electron chi connectivity index (χ4n) is 3.61. The highest BCUT2D eigenvalue weighted by Crippen LogP contribution is 2.26. The molecule has 4 nitrogen and oxygen atoms in total. The van der Waals surface area contributed by atoms with Gasteiger partial charge in [-0.1, -0.05) is 19.1 Å². The number of nitrogens with one attached hydrogen (secondary N) is 2. The zero-order valence-electron chi connectivity index (χ0n) is 15.1. The van der Waals surface area contributed by atoms with Crippen molar-refractivity contribution in [3.8, 4) is 0 Å². The Hall–Kier alpha value is -0.810. The van der Waals surface area contributed by atoms with Crippen molar-refractivity contribution in [1.82, 2.24) is 15.5 Å². The molecule has 6 heteroatoms. The van der Waals surface area contributed by atoms with Crippen LogP contribution in [0, 0.1) is 5.41 Å². The van der Waals surface area contributed by atoms with Crippen molar-refractivity contribution in [2.45, 2.75) is 39.2 Å². The van der Waals surface area contributed by atoms with Crippen LogP contribution in [0.4, 0.5) is 0 Å². The minimum Gasteiger partial charge on any atom is -0.351 e. The van der Waals surface area contributed by atoms with E-state index in [0.717, 1.165) is 44.6 Å². The maximum atomic E-state index is 12.5. The molecule has 0 unspecified atom stereocenters. The summed E-state index contributed by atoms with van der Waals surface area (Å²) in [6.07, 6.45) is 4.85. The molecule has 0 bridgehead atoms. The van der Waals surface area contributed by atoms with E-state index in [1.165, 1.54) is 31.5 Å². The molecule has 142 valence electrons. The van der Waals surface area contributed by atoms with E-state index in [1.54, 1.807) is 0 Å². The van der Waals surface area contributed by atoms with Crippen LogP contribution in [0.15, 0.2) is 24.3 Å². The molecule has 1 aromatic rings. The molecule has 0 radical (unpaired) electrons. The largest absolute Gasteiger partial charge is 0.351 e. The van der Waals surface area contributed by atoms with Crippen molar-refractivity contribution in [3.05, 3.63) is 35.4 Å². The van der Waals surface area contributed by atoms with Gasteiger partial charge in [0.15, 0.2) is 0 Å². The first-order chi connectivity index (χ1) is 11.1. The first-order valence-electron chi connectivity index (χ1n) is 8.95. The van der Waals surface area contributed by atoms with Crippen molar-refractivity contribution >= 4 is 30.7 Å². The van der Waals surface area contributed by atoms with E-state index in [2.05, 4.69) is 34.6 Å². The van der Waals surface area contributed by atoms with E-state index in [0.29, 0.717) is 0 Å². The van der Waals surface area contributed by atoms with Gasteiger partial charge in [0.1, 0.15) is 0 Å². The number of hydrogen-bond donors (Lipinski definition) is 2. The van der Waals surface area contributed by atoms with E-state index in [4.69, 9.17) is 0 Å². The maximum Gasteiger partial charge on any atom is 0.251 e. The molecule has 0 spiro atoms. The highest BCUT2D eigenvalue weighted by molar-refractivity contribution is 5.94. The summed E-state index contributed by atoms with van der Waals surface area (Å²) in [6, 6.07) is 8.11. The summed E-state index contributed by atoms with van der Waals surface area (Å²) in [7, 11) is 0. The number of benzene rings is 1. The second-order valence-corrected chi connectivity index (χ2v) is 7.43. The Labute approximate surface area is 163 Å². The Balaban J connectivity index is 0.00000156. The van der Waals surface area contributed by atoms with Crippen molar-refractivity contribution in [3.63, 3.8) is 0 Å². The van der Waals surface area contributed by atoms with Gasteiger partial charge in [-0.3, -0.25) is 9.69 Å². The maximum absolute atomic E-state index is 12.5. The predicted molar refractivity (Wildman–Crippen MR) is 108 cm³/mol. The van der Waals surface area contributed by atoms with Crippen LogP contribution < -0.4 is 10.6 Å². The Morgan fingerprint density at radius 2 is 1.88 bits per heavy atom. The summed E-state index contributed by atoms with van der Waals surface area (Å²) in [5.41, 5.74) is 2.26. The molecule has 0 atom stereocenters. The van der Waals surface area contributed by atoms with Crippen LogP contribution in [0.25, 0.3) is 0 Å². The van der Waals surface area contributed by atoms with E-state index < -0.39 is 0 Å². The summed E-state index contributed by atoms with van der Waals surface area (Å²) in [5, 5.41) is 6.53. The molecule has 1 amide bonds. The van der Waals surface area contributed by atoms with E-state index in [-0.39, 0.29) is 36.1 Å². The molecule has 1 aromatic carbocycles. The number of piperidine rings is 1. The number of amides is 1. The Morgan fingerprint density at radius 3 is 2.56 bits per heavy atom. The zero-order chi connectivity index (χ0) is 16.1. The number of carbonyl (C=O) groups is 1. The lowest BCUT2D eigenvalue weighted by molar-refractivity contribution is 0.0922. The van der Waals surface area contributed by atoms with Crippen LogP contribution >= 0.6 is 24.8 Å². The molecule has 0 aromatic heterocycles. The van der Waals surface area contributed by atoms with Crippen LogP contribution in [-0.2, 0) is 6.54 Å². The Morgan fingerprint density at radius 1 is 1.20 bits per heavy atom. The van der Waals surface area contributed by atoms with Crippen LogP contribution in [0.5, 0.6) is 0 Å². The van der Waals surface area contributed by atoms with Gasteiger partial charge in [0.2, 0.25) is 0 Å². The lowest BCUT2D eigenvalue weighted by Crippen LogP contribution is -2.42. The lowest BCUT2D eigenvalue weighted by atomic mass is 9.81. The predicted octanol–water partition coefficient (Wildman–Crippen LogP) is 3.25. The average molecular weight is 388 g/mol. The molecule has 0 saturated carbocycles. The molecule has 2 saturated heterocycles. The first kappa shape index (κ1) is 22.2. The number of halogens is 2. The van der Waals surface area contributed by atoms with Crippen molar-refractivity contribution in [1.29, 1.82) is 0 Å². The van der Waals surface area contributed by atoms with Gasteiger partial charge in [0.05, 0.1) is 0 Å². The average Bonchev–Trinajstić information content (AvgIpc) is 3.07. The third-order valence-corrected chi connectivity index (χ3v) is 5.28. The monoisotopic (exact) mass is 387 g/mol. The number of rotatable bonds is 5. The number of hydrogen-bond acceptors (Lipinski definition) is 3. The second kappa shape index (κ2) is 10.4. The van der Waals surface area contributed by atoms with Crippen molar-refractivity contribution in [2.75, 3.05) is 32.7 Å². The summed E-state index contributed by atoms with van der Waals surface area (Å²) in [5.74, 6) is 0.0630. The Bertz CT molecular complexity index is 541. The molecular formula is C19H31Cl2N3O. The Kier molecular flexibility index (Phi) is 9.22. The van der Waals surface area contributed by atoms with Gasteiger partial charge in [-0.05, 0) is 75.0 Å². The van der Waals surface area contributed by atoms with E-state index in [1.807, 2.05) is 12.1 Å². The van der Waals surface area contributed by atoms with Gasteiger partial charge < -0.3 is 10.6 Å². The van der Waals surface area contributed by atoms with E-state index >= 15 is 0 Å². The molecule has 2 fully saturated rings. The lowest BCUT2D eigenvalue weighted by Gasteiger charge is -2.34. The van der Waals surface area contributed by atoms with Gasteiger partial charge in [0.25, 0.3) is 5.91 Å². The molecule has 2 N–H and O–H groups in total. The quantitative estimate of drug-likeness (QED) is 0.814. The first-order valence-corrected chi connectivity index (χ1v) is 8.95. The van der Waals surface area contributed by atoms with Crippen molar-refractivity contribution in [2.24, 2.45) is 5.41 Å². The summed E-state index contributed by atoms with van der Waals surface area (Å²) in [6.45, 7) is 8.48. The molecular weight excluding hydrogens is 357 g/mol. The number of likely N-dealkylation sites (tertiary alicyclic amines) is 1. The van der Waals surface area contributed by atoms with Crippen LogP contribution in [0.1, 0.15) is 48.5 Å². The zero-order valence-corrected chi connectivity index (χ0v) is 16.7. The second-order valence-electron chi connectivity index (χ2n) is 7.43. The van der Waals surface area contributed by atoms with Crippen molar-refractivity contribution < 1.29 is 4.79 Å². The number of nitrogens with zero attached hydrogens (tertiary/aromatic N) is 1. The van der Waals surface area contributed by atoms with Gasteiger partial charge in [-0.2, -0.15) is 0 Å². The minimum atomic E-state index is 0. The van der Waals surface area contributed by atoms with Crippen LogP contribution in [0.2, 0.25) is 0 Å². The third kappa shape index (κ3) is 6.45. The van der Waals surface area contributed by atoms with Gasteiger partial charge >= 0.3 is 0 Å². The van der Waals surface area contributed by atoms with E-state index in [9.17, 15) is 4.79 Å². The molecule has 2 heterocycles. The number of carbonyl (C=O) groups excluding carboxylic acids is 1. The summed E-state index contributed by atoms with van der Waals surface area (Å²) >= 11 is 0. The molecule has 0 aliphatic carbocycles. The smallest absolute Gasteiger partial charge is 0.251 e. The standard InChI is InChI=1S/C19H29N3O.2ClH/c1-19(7-9-20-10-8-19)15-21-18(23)17-6-4-5-16(13-17)14-22-11-2-3-12-22;;/h4-6,13,20H,2-3,7-12,14-15H2,1H3,(H,21,23);2*1H. The topological polar surface area (TPSA) is 44.4 Å². The fraction of sp³-hybridized carbons (Fsp3) is 0.632. The molecule has 3 rings (SSSR count). The van der Waals surface area contributed by atoms with Crippen LogP contribution in [-0.4, -0.2) is 43.5 Å². The molecule has 2 aliphatic rings. The molecule has 25 heavy (non-hydrogen) atoms. The SMILES string of the molecule is CC1(CNC(=O)c2cccc(CN3CCCC3)c2)CCNCC1.Cl.Cl. The van der Waals surface area contributed by atoms with Gasteiger partial charge in [0, 0.05) is 18.7 Å².